The molecular weight excluding hydrogens is 639 g/mol. The zero-order valence-corrected chi connectivity index (χ0v) is 29.8. The zero-order valence-electron chi connectivity index (χ0n) is 29.8. The lowest BCUT2D eigenvalue weighted by molar-refractivity contribution is 1.14. The molecule has 1 heterocycles. The number of benzene rings is 9. The molecule has 250 valence electrons. The van der Waals surface area contributed by atoms with Gasteiger partial charge in [0.2, 0.25) is 0 Å². The number of nitrogens with zero attached hydrogens (tertiary/aromatic N) is 1. The second-order valence-corrected chi connectivity index (χ2v) is 14.2. The molecule has 1 nitrogen and oxygen atoms in total. The van der Waals surface area contributed by atoms with Crippen molar-refractivity contribution in [3.05, 3.63) is 199 Å². The highest BCUT2D eigenvalue weighted by Gasteiger charge is 2.20. The van der Waals surface area contributed by atoms with Gasteiger partial charge in [0.05, 0.1) is 11.0 Å². The molecule has 9 aromatic carbocycles. The predicted octanol–water partition coefficient (Wildman–Crippen LogP) is 14.4. The van der Waals surface area contributed by atoms with Crippen molar-refractivity contribution in [3.8, 4) is 50.2 Å². The van der Waals surface area contributed by atoms with Crippen LogP contribution in [0, 0.1) is 13.8 Å². The normalized spacial score (nSPS) is 11.6. The van der Waals surface area contributed by atoms with E-state index in [1.165, 1.54) is 105 Å². The first kappa shape index (κ1) is 31.1. The van der Waals surface area contributed by atoms with E-state index in [1.54, 1.807) is 0 Å². The molecule has 0 fully saturated rings. The summed E-state index contributed by atoms with van der Waals surface area (Å²) in [6.07, 6.45) is 0. The van der Waals surface area contributed by atoms with Gasteiger partial charge in [0.1, 0.15) is 0 Å². The summed E-state index contributed by atoms with van der Waals surface area (Å²) in [4.78, 5) is 0. The molecule has 10 rings (SSSR count). The van der Waals surface area contributed by atoms with Crippen LogP contribution in [-0.4, -0.2) is 4.57 Å². The standard InChI is InChI=1S/C52H37N/c1-34-31-50(35(2)30-46(34)52-44-25-11-9-23-42(44)51(37-18-7-4-8-19-37)43-24-10-12-26-45(43)52)53-48-27-14-13-22-41(48)47-33-40(28-29-49(47)53)39-21-15-20-38(32-39)36-16-5-3-6-17-36/h3-33H,1-2H3. The summed E-state index contributed by atoms with van der Waals surface area (Å²) in [5.74, 6) is 0. The van der Waals surface area contributed by atoms with Crippen LogP contribution in [0.4, 0.5) is 0 Å². The number of para-hydroxylation sites is 1. The summed E-state index contributed by atoms with van der Waals surface area (Å²) in [5.41, 5.74) is 16.2. The number of aryl methyl sites for hydroxylation is 2. The molecule has 0 aliphatic rings. The first-order chi connectivity index (χ1) is 26.1. The monoisotopic (exact) mass is 675 g/mol. The minimum absolute atomic E-state index is 1.21. The highest BCUT2D eigenvalue weighted by atomic mass is 15.0. The molecule has 0 amide bonds. The van der Waals surface area contributed by atoms with Crippen molar-refractivity contribution in [3.63, 3.8) is 0 Å². The highest BCUT2D eigenvalue weighted by molar-refractivity contribution is 6.21. The summed E-state index contributed by atoms with van der Waals surface area (Å²) in [5, 5.41) is 7.64. The minimum Gasteiger partial charge on any atom is -0.309 e. The molecule has 0 saturated heterocycles. The van der Waals surface area contributed by atoms with E-state index in [4.69, 9.17) is 0 Å². The van der Waals surface area contributed by atoms with Gasteiger partial charge in [0.15, 0.2) is 0 Å². The van der Waals surface area contributed by atoms with Gasteiger partial charge >= 0.3 is 0 Å². The molecule has 0 aliphatic carbocycles. The smallest absolute Gasteiger partial charge is 0.0541 e. The molecule has 0 spiro atoms. The molecule has 0 saturated carbocycles. The highest BCUT2D eigenvalue weighted by Crippen LogP contribution is 2.45. The Labute approximate surface area is 310 Å². The lowest BCUT2D eigenvalue weighted by Gasteiger charge is -2.20. The molecule has 0 bridgehead atoms. The van der Waals surface area contributed by atoms with Crippen molar-refractivity contribution in [2.24, 2.45) is 0 Å². The quantitative estimate of drug-likeness (QED) is 0.160. The second-order valence-electron chi connectivity index (χ2n) is 14.2. The number of rotatable bonds is 5. The van der Waals surface area contributed by atoms with E-state index in [-0.39, 0.29) is 0 Å². The van der Waals surface area contributed by atoms with E-state index < -0.39 is 0 Å². The van der Waals surface area contributed by atoms with Crippen LogP contribution < -0.4 is 0 Å². The molecule has 0 N–H and O–H groups in total. The van der Waals surface area contributed by atoms with Crippen LogP contribution in [0.1, 0.15) is 11.1 Å². The third kappa shape index (κ3) is 5.08. The van der Waals surface area contributed by atoms with Gasteiger partial charge in [-0.1, -0.05) is 152 Å². The van der Waals surface area contributed by atoms with Crippen molar-refractivity contribution >= 4 is 43.4 Å². The Morgan fingerprint density at radius 2 is 0.792 bits per heavy atom. The van der Waals surface area contributed by atoms with Crippen LogP contribution in [0.25, 0.3) is 93.5 Å². The van der Waals surface area contributed by atoms with Gasteiger partial charge in [-0.15, -0.1) is 0 Å². The third-order valence-corrected chi connectivity index (χ3v) is 11.0. The Balaban J connectivity index is 1.16. The predicted molar refractivity (Wildman–Crippen MR) is 227 cm³/mol. The lowest BCUT2D eigenvalue weighted by Crippen LogP contribution is -2.00. The van der Waals surface area contributed by atoms with E-state index in [1.807, 2.05) is 0 Å². The Hall–Kier alpha value is -6.70. The van der Waals surface area contributed by atoms with Crippen molar-refractivity contribution in [2.45, 2.75) is 13.8 Å². The van der Waals surface area contributed by atoms with Crippen LogP contribution in [0.5, 0.6) is 0 Å². The molecule has 0 radical (unpaired) electrons. The topological polar surface area (TPSA) is 4.93 Å². The number of fused-ring (bicyclic) bond motifs is 5. The van der Waals surface area contributed by atoms with Crippen LogP contribution in [0.15, 0.2) is 188 Å². The molecule has 10 aromatic rings. The van der Waals surface area contributed by atoms with Gasteiger partial charge in [-0.05, 0) is 127 Å². The van der Waals surface area contributed by atoms with E-state index in [9.17, 15) is 0 Å². The maximum atomic E-state index is 2.47. The van der Waals surface area contributed by atoms with Crippen molar-refractivity contribution in [2.75, 3.05) is 0 Å². The van der Waals surface area contributed by atoms with Gasteiger partial charge in [0, 0.05) is 16.5 Å². The first-order valence-electron chi connectivity index (χ1n) is 18.4. The van der Waals surface area contributed by atoms with E-state index in [0.717, 1.165) is 0 Å². The number of hydrogen-bond acceptors (Lipinski definition) is 0. The average Bonchev–Trinajstić information content (AvgIpc) is 3.55. The second kappa shape index (κ2) is 12.5. The van der Waals surface area contributed by atoms with Crippen LogP contribution >= 0.6 is 0 Å². The number of aromatic nitrogens is 1. The Kier molecular flexibility index (Phi) is 7.33. The van der Waals surface area contributed by atoms with Gasteiger partial charge < -0.3 is 4.57 Å². The Bertz CT molecular complexity index is 2950. The van der Waals surface area contributed by atoms with E-state index in [0.29, 0.717) is 0 Å². The van der Waals surface area contributed by atoms with Crippen molar-refractivity contribution in [1.82, 2.24) is 4.57 Å². The van der Waals surface area contributed by atoms with Gasteiger partial charge in [-0.3, -0.25) is 0 Å². The molecule has 1 aromatic heterocycles. The van der Waals surface area contributed by atoms with Gasteiger partial charge in [0.25, 0.3) is 0 Å². The molecule has 0 unspecified atom stereocenters. The SMILES string of the molecule is Cc1cc(-n2c3ccccc3c3cc(-c4cccc(-c5ccccc5)c4)ccc32)c(C)cc1-c1c2ccccc2c(-c2ccccc2)c2ccccc12. The fraction of sp³-hybridized carbons (Fsp3) is 0.0385. The summed E-state index contributed by atoms with van der Waals surface area (Å²) in [6.45, 7) is 4.55. The molecule has 0 aliphatic heterocycles. The van der Waals surface area contributed by atoms with E-state index >= 15 is 0 Å². The van der Waals surface area contributed by atoms with Gasteiger partial charge in [-0.2, -0.15) is 0 Å². The summed E-state index contributed by atoms with van der Waals surface area (Å²) in [7, 11) is 0. The lowest BCUT2D eigenvalue weighted by atomic mass is 9.84. The largest absolute Gasteiger partial charge is 0.309 e. The molecule has 0 atom stereocenters. The Morgan fingerprint density at radius 1 is 0.302 bits per heavy atom. The molecular formula is C52H37N. The van der Waals surface area contributed by atoms with Crippen molar-refractivity contribution < 1.29 is 0 Å². The van der Waals surface area contributed by atoms with Crippen LogP contribution in [-0.2, 0) is 0 Å². The maximum Gasteiger partial charge on any atom is 0.0541 e. The molecule has 1 heteroatoms. The first-order valence-corrected chi connectivity index (χ1v) is 18.4. The minimum atomic E-state index is 1.21. The zero-order chi connectivity index (χ0) is 35.5. The third-order valence-electron chi connectivity index (χ3n) is 11.0. The number of hydrogen-bond donors (Lipinski definition) is 0. The fourth-order valence-electron chi connectivity index (χ4n) is 8.57. The summed E-state index contributed by atoms with van der Waals surface area (Å²) < 4.78 is 2.47. The van der Waals surface area contributed by atoms with E-state index in [2.05, 4.69) is 206 Å². The molecule has 53 heavy (non-hydrogen) atoms. The fourth-order valence-corrected chi connectivity index (χ4v) is 8.57. The van der Waals surface area contributed by atoms with Crippen LogP contribution in [0.3, 0.4) is 0 Å². The van der Waals surface area contributed by atoms with Gasteiger partial charge in [-0.25, -0.2) is 0 Å². The Morgan fingerprint density at radius 3 is 1.45 bits per heavy atom. The summed E-state index contributed by atoms with van der Waals surface area (Å²) in [6, 6.07) is 68.8. The van der Waals surface area contributed by atoms with Crippen LogP contribution in [0.2, 0.25) is 0 Å². The maximum absolute atomic E-state index is 2.47. The summed E-state index contributed by atoms with van der Waals surface area (Å²) >= 11 is 0. The van der Waals surface area contributed by atoms with Crippen molar-refractivity contribution in [1.29, 1.82) is 0 Å². The average molecular weight is 676 g/mol.